The molecule has 0 amide bonds. The topological polar surface area (TPSA) is 18.5 Å². The maximum absolute atomic E-state index is 5.85. The summed E-state index contributed by atoms with van der Waals surface area (Å²) in [4.78, 5) is 0. The van der Waals surface area contributed by atoms with E-state index in [1.54, 1.807) is 7.11 Å². The molecule has 0 heterocycles. The Morgan fingerprint density at radius 3 is 2.00 bits per heavy atom. The minimum atomic E-state index is 0.799. The number of methoxy groups -OCH3 is 1. The SMILES string of the molecule is COc1ccc(Oc2c(I)c[c]cc2I)cc1. The molecule has 4 heteroatoms. The van der Waals surface area contributed by atoms with Crippen LogP contribution >= 0.6 is 45.2 Å². The standard InChI is InChI=1S/C13H9I2O2/c1-16-9-5-7-10(8-6-9)17-13-11(14)3-2-4-12(13)15/h3-8H,1H3. The number of ether oxygens (including phenoxy) is 2. The maximum Gasteiger partial charge on any atom is 0.154 e. The zero-order chi connectivity index (χ0) is 12.3. The minimum Gasteiger partial charge on any atom is -0.497 e. The lowest BCUT2D eigenvalue weighted by molar-refractivity contribution is 0.412. The van der Waals surface area contributed by atoms with Crippen molar-refractivity contribution in [3.63, 3.8) is 0 Å². The van der Waals surface area contributed by atoms with Crippen molar-refractivity contribution in [2.24, 2.45) is 0 Å². The number of hydrogen-bond donors (Lipinski definition) is 0. The summed E-state index contributed by atoms with van der Waals surface area (Å²) in [7, 11) is 1.65. The first-order valence-electron chi connectivity index (χ1n) is 4.87. The van der Waals surface area contributed by atoms with Gasteiger partial charge in [0.15, 0.2) is 5.75 Å². The molecule has 0 saturated heterocycles. The third kappa shape index (κ3) is 3.25. The monoisotopic (exact) mass is 451 g/mol. The van der Waals surface area contributed by atoms with Gasteiger partial charge in [0.05, 0.1) is 14.3 Å². The molecule has 0 unspecified atom stereocenters. The first-order chi connectivity index (χ1) is 8.20. The van der Waals surface area contributed by atoms with Gasteiger partial charge < -0.3 is 9.47 Å². The van der Waals surface area contributed by atoms with Crippen LogP contribution in [0.3, 0.4) is 0 Å². The van der Waals surface area contributed by atoms with E-state index in [0.29, 0.717) is 0 Å². The number of halogens is 2. The van der Waals surface area contributed by atoms with Crippen molar-refractivity contribution in [3.8, 4) is 17.2 Å². The van der Waals surface area contributed by atoms with E-state index in [4.69, 9.17) is 9.47 Å². The molecular weight excluding hydrogens is 442 g/mol. The second-order valence-electron chi connectivity index (χ2n) is 3.26. The Kier molecular flexibility index (Phi) is 4.49. The van der Waals surface area contributed by atoms with Gasteiger partial charge in [0.2, 0.25) is 0 Å². The molecule has 0 aliphatic rings. The van der Waals surface area contributed by atoms with Gasteiger partial charge in [-0.25, -0.2) is 0 Å². The molecule has 0 spiro atoms. The third-order valence-electron chi connectivity index (χ3n) is 2.13. The van der Waals surface area contributed by atoms with Crippen molar-refractivity contribution in [1.82, 2.24) is 0 Å². The summed E-state index contributed by atoms with van der Waals surface area (Å²) in [6.45, 7) is 0. The third-order valence-corrected chi connectivity index (χ3v) is 3.74. The minimum absolute atomic E-state index is 0.799. The predicted molar refractivity (Wildman–Crippen MR) is 83.8 cm³/mol. The molecule has 87 valence electrons. The second kappa shape index (κ2) is 5.90. The smallest absolute Gasteiger partial charge is 0.154 e. The van der Waals surface area contributed by atoms with Gasteiger partial charge in [-0.2, -0.15) is 0 Å². The number of benzene rings is 2. The Labute approximate surface area is 128 Å². The Balaban J connectivity index is 2.25. The van der Waals surface area contributed by atoms with E-state index in [9.17, 15) is 0 Å². The molecule has 0 aliphatic carbocycles. The van der Waals surface area contributed by atoms with Crippen LogP contribution < -0.4 is 9.47 Å². The highest BCUT2D eigenvalue weighted by molar-refractivity contribution is 14.1. The van der Waals surface area contributed by atoms with Crippen LogP contribution in [-0.2, 0) is 0 Å². The largest absolute Gasteiger partial charge is 0.497 e. The highest BCUT2D eigenvalue weighted by atomic mass is 127. The lowest BCUT2D eigenvalue weighted by Gasteiger charge is -2.10. The fourth-order valence-corrected chi connectivity index (χ4v) is 2.97. The van der Waals surface area contributed by atoms with Crippen LogP contribution in [0.25, 0.3) is 0 Å². The van der Waals surface area contributed by atoms with Crippen LogP contribution in [0, 0.1) is 13.2 Å². The van der Waals surface area contributed by atoms with E-state index in [1.807, 2.05) is 36.4 Å². The number of hydrogen-bond acceptors (Lipinski definition) is 2. The van der Waals surface area contributed by atoms with Crippen LogP contribution in [-0.4, -0.2) is 7.11 Å². The fourth-order valence-electron chi connectivity index (χ4n) is 1.29. The van der Waals surface area contributed by atoms with Crippen LogP contribution in [0.1, 0.15) is 0 Å². The summed E-state index contributed by atoms with van der Waals surface area (Å²) in [5.74, 6) is 2.49. The van der Waals surface area contributed by atoms with Crippen molar-refractivity contribution in [2.45, 2.75) is 0 Å². The maximum atomic E-state index is 5.85. The van der Waals surface area contributed by atoms with Crippen molar-refractivity contribution in [2.75, 3.05) is 7.11 Å². The van der Waals surface area contributed by atoms with E-state index in [0.717, 1.165) is 24.4 Å². The van der Waals surface area contributed by atoms with Gasteiger partial charge in [-0.1, -0.05) is 0 Å². The summed E-state index contributed by atoms with van der Waals surface area (Å²) < 4.78 is 13.0. The van der Waals surface area contributed by atoms with Gasteiger partial charge in [-0.05, 0) is 87.6 Å². The van der Waals surface area contributed by atoms with E-state index in [1.165, 1.54) is 0 Å². The van der Waals surface area contributed by atoms with Gasteiger partial charge in [0.25, 0.3) is 0 Å². The zero-order valence-corrected chi connectivity index (χ0v) is 13.4. The molecule has 2 rings (SSSR count). The molecule has 2 aromatic carbocycles. The molecule has 0 saturated carbocycles. The van der Waals surface area contributed by atoms with E-state index >= 15 is 0 Å². The van der Waals surface area contributed by atoms with Crippen LogP contribution in [0.15, 0.2) is 36.4 Å². The van der Waals surface area contributed by atoms with E-state index in [-0.39, 0.29) is 0 Å². The molecule has 0 aromatic heterocycles. The molecule has 0 bridgehead atoms. The fraction of sp³-hybridized carbons (Fsp3) is 0.0769. The molecular formula is C13H9I2O2. The summed E-state index contributed by atoms with van der Waals surface area (Å²) in [5, 5.41) is 0. The Bertz CT molecular complexity index is 489. The first-order valence-corrected chi connectivity index (χ1v) is 7.03. The van der Waals surface area contributed by atoms with E-state index < -0.39 is 0 Å². The zero-order valence-electron chi connectivity index (χ0n) is 9.04. The Hall–Kier alpha value is -0.500. The molecule has 0 fully saturated rings. The van der Waals surface area contributed by atoms with E-state index in [2.05, 4.69) is 51.2 Å². The van der Waals surface area contributed by atoms with Gasteiger partial charge >= 0.3 is 0 Å². The van der Waals surface area contributed by atoms with Gasteiger partial charge in [-0.3, -0.25) is 0 Å². The van der Waals surface area contributed by atoms with Crippen molar-refractivity contribution < 1.29 is 9.47 Å². The molecule has 2 nitrogen and oxygen atoms in total. The Morgan fingerprint density at radius 2 is 1.47 bits per heavy atom. The average Bonchev–Trinajstić information content (AvgIpc) is 2.35. The normalized spacial score (nSPS) is 10.1. The first kappa shape index (κ1) is 12.9. The summed E-state index contributed by atoms with van der Waals surface area (Å²) >= 11 is 4.48. The van der Waals surface area contributed by atoms with Crippen LogP contribution in [0.4, 0.5) is 0 Å². The highest BCUT2D eigenvalue weighted by Crippen LogP contribution is 2.31. The summed E-state index contributed by atoms with van der Waals surface area (Å²) in [5.41, 5.74) is 0. The molecule has 0 aliphatic heterocycles. The lowest BCUT2D eigenvalue weighted by atomic mass is 10.3. The van der Waals surface area contributed by atoms with Crippen LogP contribution in [0.5, 0.6) is 17.2 Å². The number of rotatable bonds is 3. The summed E-state index contributed by atoms with van der Waals surface area (Å²) in [6.07, 6.45) is 0. The van der Waals surface area contributed by atoms with Gasteiger partial charge in [-0.15, -0.1) is 0 Å². The predicted octanol–water partition coefficient (Wildman–Crippen LogP) is 4.50. The van der Waals surface area contributed by atoms with Crippen molar-refractivity contribution in [1.29, 1.82) is 0 Å². The molecule has 1 radical (unpaired) electrons. The second-order valence-corrected chi connectivity index (χ2v) is 5.58. The van der Waals surface area contributed by atoms with Gasteiger partial charge in [0, 0.05) is 0 Å². The van der Waals surface area contributed by atoms with Crippen molar-refractivity contribution in [3.05, 3.63) is 49.6 Å². The summed E-state index contributed by atoms with van der Waals surface area (Å²) in [6, 6.07) is 14.4. The average molecular weight is 451 g/mol. The van der Waals surface area contributed by atoms with Crippen LogP contribution in [0.2, 0.25) is 0 Å². The molecule has 2 aromatic rings. The quantitative estimate of drug-likeness (QED) is 0.641. The van der Waals surface area contributed by atoms with Crippen molar-refractivity contribution >= 4 is 45.2 Å². The Morgan fingerprint density at radius 1 is 0.941 bits per heavy atom. The molecule has 0 atom stereocenters. The van der Waals surface area contributed by atoms with Gasteiger partial charge in [0.1, 0.15) is 11.5 Å². The highest BCUT2D eigenvalue weighted by Gasteiger charge is 2.07. The lowest BCUT2D eigenvalue weighted by Crippen LogP contribution is -1.91. The molecule has 17 heavy (non-hydrogen) atoms. The molecule has 0 N–H and O–H groups in total.